The van der Waals surface area contributed by atoms with Crippen molar-refractivity contribution in [3.05, 3.63) is 54.2 Å². The van der Waals surface area contributed by atoms with E-state index in [0.717, 1.165) is 57.3 Å². The smallest absolute Gasteiger partial charge is 0.193 e. The Labute approximate surface area is 168 Å². The first-order chi connectivity index (χ1) is 13.7. The van der Waals surface area contributed by atoms with E-state index in [9.17, 15) is 0 Å². The van der Waals surface area contributed by atoms with Crippen molar-refractivity contribution in [2.75, 3.05) is 63.7 Å². The molecule has 150 valence electrons. The molecule has 6 nitrogen and oxygen atoms in total. The molecule has 2 heterocycles. The Morgan fingerprint density at radius 1 is 1.07 bits per heavy atom. The van der Waals surface area contributed by atoms with E-state index in [1.54, 1.807) is 0 Å². The van der Waals surface area contributed by atoms with Crippen molar-refractivity contribution < 1.29 is 0 Å². The van der Waals surface area contributed by atoms with Crippen LogP contribution in [0.4, 0.5) is 11.5 Å². The maximum atomic E-state index is 4.48. The van der Waals surface area contributed by atoms with Crippen molar-refractivity contribution in [2.45, 2.75) is 12.8 Å². The van der Waals surface area contributed by atoms with E-state index in [-0.39, 0.29) is 0 Å². The molecule has 1 saturated heterocycles. The average molecular weight is 381 g/mol. The van der Waals surface area contributed by atoms with Crippen molar-refractivity contribution in [3.8, 4) is 0 Å². The summed E-state index contributed by atoms with van der Waals surface area (Å²) in [6, 6.07) is 14.9. The molecule has 6 heteroatoms. The Kier molecular flexibility index (Phi) is 7.12. The Bertz CT molecular complexity index is 733. The standard InChI is InChI=1S/C22H32N6/c1-23-22(25-14-6-7-19-9-11-20(12-10-19)26(2)3)28-17-15-27(16-18-28)21-8-4-5-13-24-21/h4-5,8-13H,6-7,14-18H2,1-3H3,(H,23,25). The maximum Gasteiger partial charge on any atom is 0.193 e. The molecule has 1 fully saturated rings. The number of aliphatic imine (C=N–C) groups is 1. The molecule has 1 aromatic heterocycles. The zero-order valence-corrected chi connectivity index (χ0v) is 17.3. The number of hydrogen-bond donors (Lipinski definition) is 1. The second kappa shape index (κ2) is 9.97. The topological polar surface area (TPSA) is 47.0 Å². The predicted octanol–water partition coefficient (Wildman–Crippen LogP) is 2.48. The van der Waals surface area contributed by atoms with Crippen molar-refractivity contribution in [1.29, 1.82) is 0 Å². The number of rotatable bonds is 6. The number of guanidine groups is 1. The van der Waals surface area contributed by atoms with Crippen LogP contribution in [-0.2, 0) is 6.42 Å². The van der Waals surface area contributed by atoms with E-state index in [4.69, 9.17) is 0 Å². The van der Waals surface area contributed by atoms with Crippen molar-refractivity contribution in [1.82, 2.24) is 15.2 Å². The number of nitrogens with zero attached hydrogens (tertiary/aromatic N) is 5. The van der Waals surface area contributed by atoms with Gasteiger partial charge in [-0.3, -0.25) is 4.99 Å². The molecule has 0 unspecified atom stereocenters. The lowest BCUT2D eigenvalue weighted by atomic mass is 10.1. The molecule has 0 bridgehead atoms. The maximum absolute atomic E-state index is 4.48. The van der Waals surface area contributed by atoms with E-state index >= 15 is 0 Å². The lowest BCUT2D eigenvalue weighted by molar-refractivity contribution is 0.371. The lowest BCUT2D eigenvalue weighted by Crippen LogP contribution is -2.52. The van der Waals surface area contributed by atoms with Gasteiger partial charge in [-0.2, -0.15) is 0 Å². The van der Waals surface area contributed by atoms with Crippen LogP contribution in [0.2, 0.25) is 0 Å². The number of benzene rings is 1. The minimum Gasteiger partial charge on any atom is -0.378 e. The largest absolute Gasteiger partial charge is 0.378 e. The van der Waals surface area contributed by atoms with Gasteiger partial charge in [-0.05, 0) is 42.7 Å². The number of nitrogens with one attached hydrogen (secondary N) is 1. The van der Waals surface area contributed by atoms with Crippen molar-refractivity contribution in [3.63, 3.8) is 0 Å². The van der Waals surface area contributed by atoms with Crippen LogP contribution in [0.25, 0.3) is 0 Å². The van der Waals surface area contributed by atoms with E-state index in [1.807, 2.05) is 25.4 Å². The fraction of sp³-hybridized carbons (Fsp3) is 0.455. The molecule has 0 radical (unpaired) electrons. The molecule has 0 amide bonds. The minimum absolute atomic E-state index is 0.933. The highest BCUT2D eigenvalue weighted by molar-refractivity contribution is 5.80. The summed E-state index contributed by atoms with van der Waals surface area (Å²) in [5.74, 6) is 2.06. The molecule has 3 rings (SSSR count). The summed E-state index contributed by atoms with van der Waals surface area (Å²) in [5.41, 5.74) is 2.62. The van der Waals surface area contributed by atoms with Gasteiger partial charge in [0.25, 0.3) is 0 Å². The van der Waals surface area contributed by atoms with Gasteiger partial charge in [0.2, 0.25) is 0 Å². The molecule has 1 aliphatic rings. The van der Waals surface area contributed by atoms with Crippen LogP contribution >= 0.6 is 0 Å². The second-order valence-corrected chi connectivity index (χ2v) is 7.30. The first-order valence-corrected chi connectivity index (χ1v) is 10.0. The molecule has 1 N–H and O–H groups in total. The number of piperazine rings is 1. The van der Waals surface area contributed by atoms with Gasteiger partial charge in [-0.1, -0.05) is 18.2 Å². The number of pyridine rings is 1. The highest BCUT2D eigenvalue weighted by atomic mass is 15.4. The molecule has 0 spiro atoms. The zero-order valence-electron chi connectivity index (χ0n) is 17.3. The normalized spacial score (nSPS) is 14.9. The van der Waals surface area contributed by atoms with Gasteiger partial charge < -0.3 is 20.0 Å². The summed E-state index contributed by atoms with van der Waals surface area (Å²) in [5, 5.41) is 3.53. The third-order valence-electron chi connectivity index (χ3n) is 5.14. The number of hydrogen-bond acceptors (Lipinski definition) is 4. The highest BCUT2D eigenvalue weighted by Crippen LogP contribution is 2.14. The summed E-state index contributed by atoms with van der Waals surface area (Å²) in [6.45, 7) is 4.79. The summed E-state index contributed by atoms with van der Waals surface area (Å²) < 4.78 is 0. The molecular formula is C22H32N6. The predicted molar refractivity (Wildman–Crippen MR) is 118 cm³/mol. The minimum atomic E-state index is 0.933. The van der Waals surface area contributed by atoms with Crippen LogP contribution < -0.4 is 15.1 Å². The lowest BCUT2D eigenvalue weighted by Gasteiger charge is -2.37. The van der Waals surface area contributed by atoms with E-state index in [2.05, 4.69) is 74.4 Å². The third-order valence-corrected chi connectivity index (χ3v) is 5.14. The van der Waals surface area contributed by atoms with Crippen LogP contribution in [0.15, 0.2) is 53.7 Å². The summed E-state index contributed by atoms with van der Waals surface area (Å²) in [7, 11) is 6.01. The molecular weight excluding hydrogens is 348 g/mol. The molecule has 1 aromatic carbocycles. The summed E-state index contributed by atoms with van der Waals surface area (Å²) >= 11 is 0. The number of anilines is 2. The first kappa shape index (κ1) is 20.0. The van der Waals surface area contributed by atoms with Crippen LogP contribution in [0.1, 0.15) is 12.0 Å². The molecule has 0 atom stereocenters. The van der Waals surface area contributed by atoms with Crippen molar-refractivity contribution in [2.24, 2.45) is 4.99 Å². The molecule has 0 saturated carbocycles. The van der Waals surface area contributed by atoms with E-state index in [0.29, 0.717) is 0 Å². The quantitative estimate of drug-likeness (QED) is 0.474. The molecule has 2 aromatic rings. The van der Waals surface area contributed by atoms with Crippen LogP contribution in [0.3, 0.4) is 0 Å². The fourth-order valence-corrected chi connectivity index (χ4v) is 3.47. The molecule has 1 aliphatic heterocycles. The summed E-state index contributed by atoms with van der Waals surface area (Å²) in [6.07, 6.45) is 4.02. The van der Waals surface area contributed by atoms with Gasteiger partial charge in [0.1, 0.15) is 5.82 Å². The van der Waals surface area contributed by atoms with Gasteiger partial charge in [0, 0.05) is 65.8 Å². The van der Waals surface area contributed by atoms with Crippen molar-refractivity contribution >= 4 is 17.5 Å². The number of aromatic nitrogens is 1. The Morgan fingerprint density at radius 3 is 2.43 bits per heavy atom. The van der Waals surface area contributed by atoms with Crippen LogP contribution in [0.5, 0.6) is 0 Å². The number of aryl methyl sites for hydroxylation is 1. The second-order valence-electron chi connectivity index (χ2n) is 7.30. The highest BCUT2D eigenvalue weighted by Gasteiger charge is 2.20. The van der Waals surface area contributed by atoms with Gasteiger partial charge in [-0.15, -0.1) is 0 Å². The zero-order chi connectivity index (χ0) is 19.8. The Balaban J connectivity index is 1.40. The monoisotopic (exact) mass is 380 g/mol. The molecule has 28 heavy (non-hydrogen) atoms. The Morgan fingerprint density at radius 2 is 1.82 bits per heavy atom. The van der Waals surface area contributed by atoms with Gasteiger partial charge >= 0.3 is 0 Å². The Hall–Kier alpha value is -2.76. The summed E-state index contributed by atoms with van der Waals surface area (Å²) in [4.78, 5) is 15.7. The fourth-order valence-electron chi connectivity index (χ4n) is 3.47. The van der Waals surface area contributed by atoms with Crippen LogP contribution in [-0.4, -0.2) is 69.7 Å². The van der Waals surface area contributed by atoms with Gasteiger partial charge in [0.15, 0.2) is 5.96 Å². The van der Waals surface area contributed by atoms with E-state index < -0.39 is 0 Å². The molecule has 0 aliphatic carbocycles. The first-order valence-electron chi connectivity index (χ1n) is 10.0. The van der Waals surface area contributed by atoms with E-state index in [1.165, 1.54) is 11.3 Å². The third kappa shape index (κ3) is 5.38. The average Bonchev–Trinajstić information content (AvgIpc) is 2.75. The van der Waals surface area contributed by atoms with Gasteiger partial charge in [-0.25, -0.2) is 4.98 Å². The SMILES string of the molecule is CN=C(NCCCc1ccc(N(C)C)cc1)N1CCN(c2ccccn2)CC1. The van der Waals surface area contributed by atoms with Gasteiger partial charge in [0.05, 0.1) is 0 Å². The van der Waals surface area contributed by atoms with Crippen LogP contribution in [0, 0.1) is 0 Å².